The molecule has 0 spiro atoms. The van der Waals surface area contributed by atoms with Gasteiger partial charge in [-0.25, -0.2) is 0 Å². The van der Waals surface area contributed by atoms with Crippen LogP contribution in [0.1, 0.15) is 33.3 Å². The van der Waals surface area contributed by atoms with Gasteiger partial charge < -0.3 is 9.15 Å². The van der Waals surface area contributed by atoms with Gasteiger partial charge in [0.15, 0.2) is 5.43 Å². The number of hydrogen-bond donors (Lipinski definition) is 0. The molecule has 7 heteroatoms. The van der Waals surface area contributed by atoms with Gasteiger partial charge in [-0.2, -0.15) is 0 Å². The van der Waals surface area contributed by atoms with E-state index in [1.54, 1.807) is 48.4 Å². The predicted octanol–water partition coefficient (Wildman–Crippen LogP) is 6.17. The lowest BCUT2D eigenvalue weighted by Gasteiger charge is -2.25. The van der Waals surface area contributed by atoms with Crippen LogP contribution in [0.5, 0.6) is 5.75 Å². The van der Waals surface area contributed by atoms with Gasteiger partial charge in [-0.05, 0) is 60.5 Å². The van der Waals surface area contributed by atoms with Crippen LogP contribution < -0.4 is 15.1 Å². The monoisotopic (exact) mass is 465 g/mol. The van der Waals surface area contributed by atoms with E-state index in [0.29, 0.717) is 32.5 Å². The Hall–Kier alpha value is -3.28. The van der Waals surface area contributed by atoms with Crippen LogP contribution in [0.25, 0.3) is 11.0 Å². The number of amides is 1. The number of fused-ring (bicyclic) bond motifs is 2. The summed E-state index contributed by atoms with van der Waals surface area (Å²) in [6, 6.07) is 16.7. The van der Waals surface area contributed by atoms with E-state index in [2.05, 4.69) is 0 Å². The molecule has 1 aliphatic rings. The first kappa shape index (κ1) is 20.6. The molecule has 0 bridgehead atoms. The molecule has 0 aliphatic carbocycles. The number of ether oxygens (including phenoxy) is 1. The maximum atomic E-state index is 13.6. The number of hydrogen-bond acceptors (Lipinski definition) is 4. The molecule has 1 aliphatic heterocycles. The Bertz CT molecular complexity index is 1440. The maximum absolute atomic E-state index is 13.6. The quantitative estimate of drug-likeness (QED) is 0.363. The zero-order valence-corrected chi connectivity index (χ0v) is 18.7. The number of carbonyl (C=O) groups excluding carboxylic acids is 1. The van der Waals surface area contributed by atoms with Gasteiger partial charge in [0.2, 0.25) is 5.76 Å². The predicted molar refractivity (Wildman–Crippen MR) is 125 cm³/mol. The zero-order chi connectivity index (χ0) is 22.6. The van der Waals surface area contributed by atoms with E-state index in [1.165, 1.54) is 0 Å². The second-order valence-electron chi connectivity index (χ2n) is 7.60. The molecule has 1 atom stereocenters. The van der Waals surface area contributed by atoms with Crippen molar-refractivity contribution in [3.8, 4) is 5.75 Å². The van der Waals surface area contributed by atoms with Crippen molar-refractivity contribution in [3.63, 3.8) is 0 Å². The Morgan fingerprint density at radius 3 is 2.41 bits per heavy atom. The third kappa shape index (κ3) is 3.17. The minimum Gasteiger partial charge on any atom is -0.497 e. The summed E-state index contributed by atoms with van der Waals surface area (Å²) in [6.07, 6.45) is 0. The first-order chi connectivity index (χ1) is 15.4. The van der Waals surface area contributed by atoms with Crippen LogP contribution in [0.3, 0.4) is 0 Å². The second-order valence-corrected chi connectivity index (χ2v) is 8.44. The van der Waals surface area contributed by atoms with Crippen LogP contribution >= 0.6 is 23.2 Å². The molecule has 0 radical (unpaired) electrons. The molecule has 3 aromatic carbocycles. The molecule has 1 amide bonds. The zero-order valence-electron chi connectivity index (χ0n) is 17.2. The number of halogens is 2. The normalized spacial score (nSPS) is 15.3. The number of benzene rings is 3. The number of rotatable bonds is 3. The minimum absolute atomic E-state index is 0.0161. The summed E-state index contributed by atoms with van der Waals surface area (Å²) in [5, 5.41) is 1.26. The highest BCUT2D eigenvalue weighted by atomic mass is 35.5. The standard InChI is InChI=1S/C25H17Cl2NO4/c1-13-3-7-16(12-19(13)27)28-22(14-4-8-17(31-2)9-5-14)21-23(29)18-11-15(26)6-10-20(18)32-24(21)25(28)30/h3-12,22H,1-2H3. The summed E-state index contributed by atoms with van der Waals surface area (Å²) in [7, 11) is 1.58. The molecule has 0 saturated heterocycles. The Kier molecular flexibility index (Phi) is 4.96. The van der Waals surface area contributed by atoms with Crippen LogP contribution in [0, 0.1) is 6.92 Å². The van der Waals surface area contributed by atoms with Crippen molar-refractivity contribution in [2.24, 2.45) is 0 Å². The van der Waals surface area contributed by atoms with Crippen LogP contribution in [0.2, 0.25) is 10.0 Å². The molecular weight excluding hydrogens is 449 g/mol. The van der Waals surface area contributed by atoms with Crippen LogP contribution in [0.4, 0.5) is 5.69 Å². The van der Waals surface area contributed by atoms with Gasteiger partial charge in [0.1, 0.15) is 11.3 Å². The van der Waals surface area contributed by atoms with Crippen molar-refractivity contribution in [2.75, 3.05) is 12.0 Å². The second kappa shape index (κ2) is 7.69. The van der Waals surface area contributed by atoms with E-state index in [9.17, 15) is 9.59 Å². The summed E-state index contributed by atoms with van der Waals surface area (Å²) in [5.74, 6) is 0.276. The Labute approximate surface area is 193 Å². The van der Waals surface area contributed by atoms with Gasteiger partial charge in [0.25, 0.3) is 5.91 Å². The molecule has 0 saturated carbocycles. The molecule has 160 valence electrons. The van der Waals surface area contributed by atoms with Crippen molar-refractivity contribution < 1.29 is 13.9 Å². The highest BCUT2D eigenvalue weighted by Crippen LogP contribution is 2.42. The molecule has 32 heavy (non-hydrogen) atoms. The number of nitrogens with zero attached hydrogens (tertiary/aromatic N) is 1. The van der Waals surface area contributed by atoms with Gasteiger partial charge in [-0.3, -0.25) is 14.5 Å². The smallest absolute Gasteiger partial charge is 0.295 e. The number of anilines is 1. The molecule has 5 rings (SSSR count). The highest BCUT2D eigenvalue weighted by Gasteiger charge is 2.43. The third-order valence-electron chi connectivity index (χ3n) is 5.70. The van der Waals surface area contributed by atoms with E-state index in [4.69, 9.17) is 32.4 Å². The van der Waals surface area contributed by atoms with Gasteiger partial charge in [0, 0.05) is 15.7 Å². The van der Waals surface area contributed by atoms with Crippen molar-refractivity contribution in [2.45, 2.75) is 13.0 Å². The van der Waals surface area contributed by atoms with Crippen molar-refractivity contribution >= 4 is 45.8 Å². The Morgan fingerprint density at radius 1 is 0.969 bits per heavy atom. The first-order valence-corrected chi connectivity index (χ1v) is 10.6. The lowest BCUT2D eigenvalue weighted by Crippen LogP contribution is -2.29. The van der Waals surface area contributed by atoms with Crippen molar-refractivity contribution in [1.82, 2.24) is 0 Å². The molecule has 1 aromatic heterocycles. The largest absolute Gasteiger partial charge is 0.497 e. The first-order valence-electron chi connectivity index (χ1n) is 9.89. The van der Waals surface area contributed by atoms with E-state index in [0.717, 1.165) is 11.1 Å². The lowest BCUT2D eigenvalue weighted by atomic mass is 9.98. The van der Waals surface area contributed by atoms with Crippen LogP contribution in [-0.4, -0.2) is 13.0 Å². The van der Waals surface area contributed by atoms with E-state index in [-0.39, 0.29) is 16.8 Å². The Morgan fingerprint density at radius 2 is 1.72 bits per heavy atom. The number of methoxy groups -OCH3 is 1. The van der Waals surface area contributed by atoms with Gasteiger partial charge in [0.05, 0.1) is 24.1 Å². The minimum atomic E-state index is -0.693. The fraction of sp³-hybridized carbons (Fsp3) is 0.120. The molecule has 0 fully saturated rings. The summed E-state index contributed by atoms with van der Waals surface area (Å²) in [6.45, 7) is 1.88. The van der Waals surface area contributed by atoms with Crippen molar-refractivity contribution in [3.05, 3.63) is 103 Å². The Balaban J connectivity index is 1.80. The lowest BCUT2D eigenvalue weighted by molar-refractivity contribution is 0.0971. The van der Waals surface area contributed by atoms with Gasteiger partial charge >= 0.3 is 0 Å². The average molecular weight is 466 g/mol. The highest BCUT2D eigenvalue weighted by molar-refractivity contribution is 6.32. The topological polar surface area (TPSA) is 59.8 Å². The summed E-state index contributed by atoms with van der Waals surface area (Å²) >= 11 is 12.5. The van der Waals surface area contributed by atoms with Crippen molar-refractivity contribution in [1.29, 1.82) is 0 Å². The molecule has 2 heterocycles. The molecule has 0 N–H and O–H groups in total. The van der Waals surface area contributed by atoms with Crippen LogP contribution in [-0.2, 0) is 0 Å². The summed E-state index contributed by atoms with van der Waals surface area (Å²) in [4.78, 5) is 28.7. The summed E-state index contributed by atoms with van der Waals surface area (Å²) < 4.78 is 11.2. The molecule has 4 aromatic rings. The van der Waals surface area contributed by atoms with E-state index < -0.39 is 11.9 Å². The fourth-order valence-corrected chi connectivity index (χ4v) is 4.39. The number of carbonyl (C=O) groups is 1. The average Bonchev–Trinajstić information content (AvgIpc) is 3.09. The molecule has 1 unspecified atom stereocenters. The molecule has 5 nitrogen and oxygen atoms in total. The summed E-state index contributed by atoms with van der Waals surface area (Å²) in [5.41, 5.74) is 2.48. The maximum Gasteiger partial charge on any atom is 0.295 e. The van der Waals surface area contributed by atoms with Crippen LogP contribution in [0.15, 0.2) is 69.9 Å². The molecular formula is C25H17Cl2NO4. The van der Waals surface area contributed by atoms with Gasteiger partial charge in [-0.15, -0.1) is 0 Å². The van der Waals surface area contributed by atoms with Gasteiger partial charge in [-0.1, -0.05) is 41.4 Å². The fourth-order valence-electron chi connectivity index (χ4n) is 4.04. The number of aryl methyl sites for hydroxylation is 1. The third-order valence-corrected chi connectivity index (χ3v) is 6.34. The van der Waals surface area contributed by atoms with E-state index in [1.807, 2.05) is 31.2 Å². The van der Waals surface area contributed by atoms with E-state index >= 15 is 0 Å². The SMILES string of the molecule is COc1ccc(C2c3c(oc4ccc(Cl)cc4c3=O)C(=O)N2c2ccc(C)c(Cl)c2)cc1.